The molecule has 8 heteroatoms. The Labute approximate surface area is 157 Å². The highest BCUT2D eigenvalue weighted by atomic mass is 16.5. The predicted octanol–water partition coefficient (Wildman–Crippen LogP) is 3.05. The van der Waals surface area contributed by atoms with E-state index in [0.29, 0.717) is 0 Å². The van der Waals surface area contributed by atoms with Crippen LogP contribution in [0.5, 0.6) is 0 Å². The van der Waals surface area contributed by atoms with Crippen LogP contribution in [0.3, 0.4) is 0 Å². The topological polar surface area (TPSA) is 136 Å². The maximum absolute atomic E-state index is 12.2. The van der Waals surface area contributed by atoms with E-state index in [1.807, 2.05) is 0 Å². The van der Waals surface area contributed by atoms with E-state index in [4.69, 9.17) is 25.3 Å². The van der Waals surface area contributed by atoms with Crippen molar-refractivity contribution < 1.29 is 19.1 Å². The van der Waals surface area contributed by atoms with Crippen LogP contribution in [0.15, 0.2) is 29.5 Å². The van der Waals surface area contributed by atoms with E-state index in [-0.39, 0.29) is 34.7 Å². The number of nitrogens with one attached hydrogen (secondary N) is 1. The number of hydrogen-bond donors (Lipinski definition) is 1. The van der Waals surface area contributed by atoms with E-state index in [0.717, 1.165) is 0 Å². The average Bonchev–Trinajstić information content (AvgIpc) is 2.60. The minimum absolute atomic E-state index is 0.0529. The van der Waals surface area contributed by atoms with E-state index in [9.17, 15) is 9.59 Å². The lowest BCUT2D eigenvalue weighted by molar-refractivity contribution is 0.0377. The molecule has 0 amide bonds. The highest BCUT2D eigenvalue weighted by Gasteiger charge is 2.18. The molecular formula is C19H18N4O4. The fourth-order valence-electron chi connectivity index (χ4n) is 1.93. The van der Waals surface area contributed by atoms with Crippen LogP contribution in [0.2, 0.25) is 0 Å². The number of nitrogens with zero attached hydrogens (tertiary/aromatic N) is 3. The lowest BCUT2D eigenvalue weighted by Gasteiger charge is -2.13. The van der Waals surface area contributed by atoms with Crippen LogP contribution >= 0.6 is 0 Å². The molecule has 1 aromatic carbocycles. The van der Waals surface area contributed by atoms with Gasteiger partial charge in [0.15, 0.2) is 5.57 Å². The second-order valence-electron chi connectivity index (χ2n) is 5.92. The Balaban J connectivity index is 3.43. The number of benzene rings is 1. The third-order valence-electron chi connectivity index (χ3n) is 2.94. The van der Waals surface area contributed by atoms with E-state index in [2.05, 4.69) is 5.32 Å². The SMILES string of the molecule is CC(C)OC(=O)c1cc(NC(C#N)=C(C#N)C#N)cc(C(=O)OC(C)C)c1. The van der Waals surface area contributed by atoms with Crippen molar-refractivity contribution in [1.29, 1.82) is 15.8 Å². The Morgan fingerprint density at radius 2 is 1.30 bits per heavy atom. The highest BCUT2D eigenvalue weighted by Crippen LogP contribution is 2.20. The van der Waals surface area contributed by atoms with Gasteiger partial charge in [-0.15, -0.1) is 0 Å². The number of rotatable bonds is 6. The van der Waals surface area contributed by atoms with Gasteiger partial charge < -0.3 is 14.8 Å². The number of esters is 2. The summed E-state index contributed by atoms with van der Waals surface area (Å²) in [6.45, 7) is 6.71. The molecule has 138 valence electrons. The van der Waals surface area contributed by atoms with E-state index in [1.54, 1.807) is 45.9 Å². The first kappa shape index (κ1) is 21.2. The molecule has 8 nitrogen and oxygen atoms in total. The number of carbonyl (C=O) groups is 2. The number of nitriles is 3. The van der Waals surface area contributed by atoms with Gasteiger partial charge in [0.25, 0.3) is 0 Å². The molecule has 0 unspecified atom stereocenters. The fourth-order valence-corrected chi connectivity index (χ4v) is 1.93. The number of allylic oxidation sites excluding steroid dienone is 2. The quantitative estimate of drug-likeness (QED) is 0.599. The molecule has 0 saturated heterocycles. The van der Waals surface area contributed by atoms with E-state index < -0.39 is 17.5 Å². The van der Waals surface area contributed by atoms with Crippen molar-refractivity contribution >= 4 is 17.6 Å². The highest BCUT2D eigenvalue weighted by molar-refractivity contribution is 5.97. The van der Waals surface area contributed by atoms with Gasteiger partial charge in [0.05, 0.1) is 23.3 Å². The molecule has 0 radical (unpaired) electrons. The monoisotopic (exact) mass is 366 g/mol. The number of anilines is 1. The minimum atomic E-state index is -0.671. The molecular weight excluding hydrogens is 348 g/mol. The maximum Gasteiger partial charge on any atom is 0.338 e. The zero-order valence-electron chi connectivity index (χ0n) is 15.4. The normalized spacial score (nSPS) is 9.59. The van der Waals surface area contributed by atoms with Gasteiger partial charge in [-0.05, 0) is 45.9 Å². The summed E-state index contributed by atoms with van der Waals surface area (Å²) >= 11 is 0. The van der Waals surface area contributed by atoms with Crippen molar-refractivity contribution in [3.05, 3.63) is 40.6 Å². The van der Waals surface area contributed by atoms with Crippen LogP contribution < -0.4 is 5.32 Å². The molecule has 0 heterocycles. The van der Waals surface area contributed by atoms with Crippen molar-refractivity contribution in [2.75, 3.05) is 5.32 Å². The fraction of sp³-hybridized carbons (Fsp3) is 0.316. The molecule has 0 saturated carbocycles. The standard InChI is InChI=1S/C19H18N4O4/c1-11(2)26-18(24)13-5-14(19(25)27-12(3)4)7-16(6-13)23-17(10-22)15(8-20)9-21/h5-7,11-12,23H,1-4H3. The molecule has 0 fully saturated rings. The van der Waals surface area contributed by atoms with Crippen LogP contribution in [0.25, 0.3) is 0 Å². The molecule has 1 N–H and O–H groups in total. The summed E-state index contributed by atoms with van der Waals surface area (Å²) in [5.74, 6) is -1.34. The average molecular weight is 366 g/mol. The summed E-state index contributed by atoms with van der Waals surface area (Å²) in [6.07, 6.45) is -0.753. The van der Waals surface area contributed by atoms with Crippen LogP contribution in [0.4, 0.5) is 5.69 Å². The van der Waals surface area contributed by atoms with Crippen molar-refractivity contribution in [1.82, 2.24) is 0 Å². The second-order valence-corrected chi connectivity index (χ2v) is 5.92. The molecule has 27 heavy (non-hydrogen) atoms. The first-order valence-corrected chi connectivity index (χ1v) is 8.00. The summed E-state index contributed by atoms with van der Waals surface area (Å²) in [6, 6.07) is 8.91. The van der Waals surface area contributed by atoms with Gasteiger partial charge >= 0.3 is 11.9 Å². The van der Waals surface area contributed by atoms with Crippen molar-refractivity contribution in [2.24, 2.45) is 0 Å². The summed E-state index contributed by atoms with van der Waals surface area (Å²) in [7, 11) is 0. The molecule has 1 rings (SSSR count). The van der Waals surface area contributed by atoms with Crippen LogP contribution in [-0.2, 0) is 9.47 Å². The smallest absolute Gasteiger partial charge is 0.338 e. The molecule has 0 aliphatic carbocycles. The summed E-state index contributed by atoms with van der Waals surface area (Å²) in [5, 5.41) is 29.6. The van der Waals surface area contributed by atoms with E-state index >= 15 is 0 Å². The zero-order valence-corrected chi connectivity index (χ0v) is 15.4. The Morgan fingerprint density at radius 1 is 0.852 bits per heavy atom. The lowest BCUT2D eigenvalue weighted by Crippen LogP contribution is -2.15. The van der Waals surface area contributed by atoms with Crippen molar-refractivity contribution in [2.45, 2.75) is 39.9 Å². The molecule has 0 bridgehead atoms. The first-order valence-electron chi connectivity index (χ1n) is 8.00. The Kier molecular flexibility index (Phi) is 7.54. The zero-order chi connectivity index (χ0) is 20.6. The van der Waals surface area contributed by atoms with Gasteiger partial charge in [0, 0.05) is 5.69 Å². The minimum Gasteiger partial charge on any atom is -0.459 e. The Hall–Kier alpha value is -3.83. The third kappa shape index (κ3) is 6.19. The van der Waals surface area contributed by atoms with Gasteiger partial charge in [-0.2, -0.15) is 15.8 Å². The van der Waals surface area contributed by atoms with Gasteiger partial charge in [-0.1, -0.05) is 0 Å². The molecule has 0 aliphatic rings. The van der Waals surface area contributed by atoms with Gasteiger partial charge in [0.2, 0.25) is 0 Å². The molecule has 0 atom stereocenters. The van der Waals surface area contributed by atoms with Crippen molar-refractivity contribution in [3.8, 4) is 18.2 Å². The van der Waals surface area contributed by atoms with Crippen molar-refractivity contribution in [3.63, 3.8) is 0 Å². The predicted molar refractivity (Wildman–Crippen MR) is 95.0 cm³/mol. The Morgan fingerprint density at radius 3 is 1.63 bits per heavy atom. The maximum atomic E-state index is 12.2. The lowest BCUT2D eigenvalue weighted by atomic mass is 10.1. The molecule has 0 aliphatic heterocycles. The summed E-state index contributed by atoms with van der Waals surface area (Å²) in [5.41, 5.74) is -0.477. The number of ether oxygens (including phenoxy) is 2. The van der Waals surface area contributed by atoms with Gasteiger partial charge in [0.1, 0.15) is 23.9 Å². The largest absolute Gasteiger partial charge is 0.459 e. The van der Waals surface area contributed by atoms with Gasteiger partial charge in [-0.3, -0.25) is 0 Å². The molecule has 0 spiro atoms. The Bertz CT molecular complexity index is 840. The number of hydrogen-bond acceptors (Lipinski definition) is 8. The van der Waals surface area contributed by atoms with Gasteiger partial charge in [-0.25, -0.2) is 9.59 Å². The second kappa shape index (κ2) is 9.60. The first-order chi connectivity index (χ1) is 12.7. The summed E-state index contributed by atoms with van der Waals surface area (Å²) < 4.78 is 10.3. The van der Waals surface area contributed by atoms with Crippen LogP contribution in [0.1, 0.15) is 48.4 Å². The van der Waals surface area contributed by atoms with E-state index in [1.165, 1.54) is 18.2 Å². The summed E-state index contributed by atoms with van der Waals surface area (Å²) in [4.78, 5) is 24.4. The number of carbonyl (C=O) groups excluding carboxylic acids is 2. The third-order valence-corrected chi connectivity index (χ3v) is 2.94. The molecule has 0 aromatic heterocycles. The van der Waals surface area contributed by atoms with Crippen LogP contribution in [0, 0.1) is 34.0 Å². The molecule has 1 aromatic rings. The van der Waals surface area contributed by atoms with Crippen LogP contribution in [-0.4, -0.2) is 24.1 Å².